The molecule has 2 rings (SSSR count). The minimum absolute atomic E-state index is 0.300. The third kappa shape index (κ3) is 2.43. The first-order valence-electron chi connectivity index (χ1n) is 7.04. The molecular weight excluding hydrogens is 196 g/mol. The number of hydrogen-bond donors (Lipinski definition) is 1. The standard InChI is InChI=1S/C14H28N2/c1-5-12-9-15-14(3,4)10-16(12)13-8-6-7-11(13)2/h11-13,15H,5-10H2,1-4H3. The van der Waals surface area contributed by atoms with Crippen LogP contribution in [0.2, 0.25) is 0 Å². The van der Waals surface area contributed by atoms with Gasteiger partial charge in [-0.2, -0.15) is 0 Å². The molecule has 1 heterocycles. The molecule has 1 aliphatic carbocycles. The van der Waals surface area contributed by atoms with Gasteiger partial charge in [-0.25, -0.2) is 0 Å². The zero-order valence-electron chi connectivity index (χ0n) is 11.4. The molecule has 0 aromatic heterocycles. The smallest absolute Gasteiger partial charge is 0.0253 e. The summed E-state index contributed by atoms with van der Waals surface area (Å²) < 4.78 is 0. The number of nitrogens with zero attached hydrogens (tertiary/aromatic N) is 1. The van der Waals surface area contributed by atoms with Gasteiger partial charge in [0.1, 0.15) is 0 Å². The van der Waals surface area contributed by atoms with Crippen LogP contribution in [0.5, 0.6) is 0 Å². The summed E-state index contributed by atoms with van der Waals surface area (Å²) in [6.45, 7) is 11.8. The van der Waals surface area contributed by atoms with Crippen molar-refractivity contribution in [2.75, 3.05) is 13.1 Å². The van der Waals surface area contributed by atoms with Crippen molar-refractivity contribution in [2.45, 2.75) is 71.0 Å². The molecule has 16 heavy (non-hydrogen) atoms. The topological polar surface area (TPSA) is 15.3 Å². The molecule has 94 valence electrons. The second-order valence-electron chi connectivity index (χ2n) is 6.47. The molecule has 2 fully saturated rings. The van der Waals surface area contributed by atoms with E-state index in [1.165, 1.54) is 38.8 Å². The summed E-state index contributed by atoms with van der Waals surface area (Å²) in [6.07, 6.45) is 5.58. The molecule has 2 aliphatic rings. The molecule has 1 saturated carbocycles. The summed E-state index contributed by atoms with van der Waals surface area (Å²) in [5, 5.41) is 3.69. The quantitative estimate of drug-likeness (QED) is 0.776. The highest BCUT2D eigenvalue weighted by Gasteiger charge is 2.38. The van der Waals surface area contributed by atoms with E-state index in [0.29, 0.717) is 5.54 Å². The van der Waals surface area contributed by atoms with Crippen LogP contribution in [0.4, 0.5) is 0 Å². The Morgan fingerprint density at radius 1 is 1.31 bits per heavy atom. The first kappa shape index (κ1) is 12.4. The molecule has 0 bridgehead atoms. The van der Waals surface area contributed by atoms with Crippen LogP contribution in [0.25, 0.3) is 0 Å². The third-order valence-corrected chi connectivity index (χ3v) is 4.58. The molecule has 1 aliphatic heterocycles. The molecule has 3 unspecified atom stereocenters. The van der Waals surface area contributed by atoms with Gasteiger partial charge in [0, 0.05) is 30.7 Å². The van der Waals surface area contributed by atoms with Gasteiger partial charge >= 0.3 is 0 Å². The van der Waals surface area contributed by atoms with E-state index < -0.39 is 0 Å². The maximum atomic E-state index is 3.69. The van der Waals surface area contributed by atoms with Gasteiger partial charge < -0.3 is 5.32 Å². The van der Waals surface area contributed by atoms with Crippen LogP contribution in [0.3, 0.4) is 0 Å². The molecule has 1 saturated heterocycles. The monoisotopic (exact) mass is 224 g/mol. The minimum atomic E-state index is 0.300. The minimum Gasteiger partial charge on any atom is -0.309 e. The summed E-state index contributed by atoms with van der Waals surface area (Å²) in [4.78, 5) is 2.81. The van der Waals surface area contributed by atoms with Crippen molar-refractivity contribution in [3.05, 3.63) is 0 Å². The summed E-state index contributed by atoms with van der Waals surface area (Å²) >= 11 is 0. The van der Waals surface area contributed by atoms with Crippen LogP contribution < -0.4 is 5.32 Å². The zero-order chi connectivity index (χ0) is 11.8. The molecule has 2 heteroatoms. The second kappa shape index (κ2) is 4.66. The lowest BCUT2D eigenvalue weighted by Crippen LogP contribution is -2.64. The predicted octanol–water partition coefficient (Wildman–Crippen LogP) is 2.64. The van der Waals surface area contributed by atoms with Crippen molar-refractivity contribution in [1.29, 1.82) is 0 Å². The van der Waals surface area contributed by atoms with Gasteiger partial charge in [0.05, 0.1) is 0 Å². The SMILES string of the molecule is CCC1CNC(C)(C)CN1C1CCCC1C. The molecule has 0 aromatic carbocycles. The van der Waals surface area contributed by atoms with E-state index in [9.17, 15) is 0 Å². The number of hydrogen-bond acceptors (Lipinski definition) is 2. The first-order chi connectivity index (χ1) is 7.53. The van der Waals surface area contributed by atoms with E-state index in [4.69, 9.17) is 0 Å². The second-order valence-corrected chi connectivity index (χ2v) is 6.47. The van der Waals surface area contributed by atoms with Crippen molar-refractivity contribution < 1.29 is 0 Å². The van der Waals surface area contributed by atoms with Gasteiger partial charge in [-0.15, -0.1) is 0 Å². The van der Waals surface area contributed by atoms with E-state index in [1.807, 2.05) is 0 Å². The van der Waals surface area contributed by atoms with E-state index in [-0.39, 0.29) is 0 Å². The molecule has 0 aromatic rings. The Morgan fingerprint density at radius 3 is 2.62 bits per heavy atom. The Balaban J connectivity index is 2.08. The van der Waals surface area contributed by atoms with Crippen LogP contribution in [-0.2, 0) is 0 Å². The fourth-order valence-corrected chi connectivity index (χ4v) is 3.54. The van der Waals surface area contributed by atoms with E-state index in [0.717, 1.165) is 18.0 Å². The van der Waals surface area contributed by atoms with Gasteiger partial charge in [0.25, 0.3) is 0 Å². The Bertz CT molecular complexity index is 237. The van der Waals surface area contributed by atoms with Crippen LogP contribution >= 0.6 is 0 Å². The van der Waals surface area contributed by atoms with Crippen molar-refractivity contribution in [3.8, 4) is 0 Å². The van der Waals surface area contributed by atoms with E-state index >= 15 is 0 Å². The summed E-state index contributed by atoms with van der Waals surface area (Å²) in [7, 11) is 0. The van der Waals surface area contributed by atoms with Crippen molar-refractivity contribution in [3.63, 3.8) is 0 Å². The molecule has 1 N–H and O–H groups in total. The van der Waals surface area contributed by atoms with Crippen LogP contribution in [0.1, 0.15) is 53.4 Å². The lowest BCUT2D eigenvalue weighted by Gasteiger charge is -2.48. The Hall–Kier alpha value is -0.0800. The summed E-state index contributed by atoms with van der Waals surface area (Å²) in [5.74, 6) is 0.906. The predicted molar refractivity (Wildman–Crippen MR) is 69.7 cm³/mol. The Morgan fingerprint density at radius 2 is 2.06 bits per heavy atom. The largest absolute Gasteiger partial charge is 0.309 e. The zero-order valence-corrected chi connectivity index (χ0v) is 11.4. The van der Waals surface area contributed by atoms with E-state index in [2.05, 4.69) is 37.9 Å². The molecule has 0 spiro atoms. The van der Waals surface area contributed by atoms with Crippen molar-refractivity contribution in [1.82, 2.24) is 10.2 Å². The van der Waals surface area contributed by atoms with Crippen molar-refractivity contribution in [2.24, 2.45) is 5.92 Å². The average Bonchev–Trinajstić information content (AvgIpc) is 2.63. The Kier molecular flexibility index (Phi) is 3.60. The van der Waals surface area contributed by atoms with Gasteiger partial charge in [-0.1, -0.05) is 20.3 Å². The number of piperazine rings is 1. The van der Waals surface area contributed by atoms with Gasteiger partial charge in [0.2, 0.25) is 0 Å². The molecule has 2 nitrogen and oxygen atoms in total. The average molecular weight is 224 g/mol. The molecular formula is C14H28N2. The molecule has 3 atom stereocenters. The third-order valence-electron chi connectivity index (χ3n) is 4.58. The van der Waals surface area contributed by atoms with Gasteiger partial charge in [-0.3, -0.25) is 4.90 Å². The normalized spacial score (nSPS) is 40.1. The number of rotatable bonds is 2. The first-order valence-corrected chi connectivity index (χ1v) is 7.04. The highest BCUT2D eigenvalue weighted by Crippen LogP contribution is 2.33. The summed E-state index contributed by atoms with van der Waals surface area (Å²) in [6, 6.07) is 1.62. The van der Waals surface area contributed by atoms with Crippen LogP contribution in [0.15, 0.2) is 0 Å². The maximum absolute atomic E-state index is 3.69. The summed E-state index contributed by atoms with van der Waals surface area (Å²) in [5.41, 5.74) is 0.300. The lowest BCUT2D eigenvalue weighted by atomic mass is 9.93. The van der Waals surface area contributed by atoms with Crippen LogP contribution in [-0.4, -0.2) is 35.6 Å². The van der Waals surface area contributed by atoms with Crippen molar-refractivity contribution >= 4 is 0 Å². The highest BCUT2D eigenvalue weighted by molar-refractivity contribution is 4.96. The van der Waals surface area contributed by atoms with Gasteiger partial charge in [0.15, 0.2) is 0 Å². The lowest BCUT2D eigenvalue weighted by molar-refractivity contribution is 0.0392. The Labute approximate surface area is 101 Å². The number of nitrogens with one attached hydrogen (secondary N) is 1. The van der Waals surface area contributed by atoms with Crippen LogP contribution in [0, 0.1) is 5.92 Å². The fraction of sp³-hybridized carbons (Fsp3) is 1.00. The molecule has 0 amide bonds. The molecule has 0 radical (unpaired) electrons. The highest BCUT2D eigenvalue weighted by atomic mass is 15.3. The van der Waals surface area contributed by atoms with Gasteiger partial charge in [-0.05, 0) is 39.0 Å². The van der Waals surface area contributed by atoms with E-state index in [1.54, 1.807) is 0 Å². The fourth-order valence-electron chi connectivity index (χ4n) is 3.54. The maximum Gasteiger partial charge on any atom is 0.0253 e.